The van der Waals surface area contributed by atoms with Gasteiger partial charge in [0.25, 0.3) is 5.69 Å². The molecule has 6 heteroatoms. The lowest BCUT2D eigenvalue weighted by molar-refractivity contribution is -0.385. The van der Waals surface area contributed by atoms with Crippen LogP contribution in [0.25, 0.3) is 0 Å². The molecule has 0 aromatic heterocycles. The maximum atomic E-state index is 10.9. The van der Waals surface area contributed by atoms with Crippen LogP contribution in [0.4, 0.5) is 5.69 Å². The van der Waals surface area contributed by atoms with E-state index >= 15 is 0 Å². The van der Waals surface area contributed by atoms with Gasteiger partial charge in [0.05, 0.1) is 23.7 Å². The normalized spacial score (nSPS) is 17.4. The molecular formula is C15H22N2O4. The van der Waals surface area contributed by atoms with Crippen LogP contribution in [-0.2, 0) is 6.54 Å². The number of aliphatic hydroxyl groups is 1. The zero-order valence-electron chi connectivity index (χ0n) is 12.3. The van der Waals surface area contributed by atoms with Gasteiger partial charge in [-0.1, -0.05) is 19.3 Å². The standard InChI is InChI=1S/C15H22N2O4/c1-21-14-8-12(7-13(9-14)17(19)20)10-16-11-15(18)5-3-2-4-6-15/h7-9,16,18H,2-6,10-11H2,1H3. The van der Waals surface area contributed by atoms with E-state index in [1.54, 1.807) is 6.07 Å². The number of hydrogen-bond acceptors (Lipinski definition) is 5. The lowest BCUT2D eigenvalue weighted by Crippen LogP contribution is -2.41. The molecule has 0 atom stereocenters. The van der Waals surface area contributed by atoms with Crippen molar-refractivity contribution in [2.75, 3.05) is 13.7 Å². The second-order valence-electron chi connectivity index (χ2n) is 5.68. The predicted molar refractivity (Wildman–Crippen MR) is 79.4 cm³/mol. The first kappa shape index (κ1) is 15.7. The topological polar surface area (TPSA) is 84.6 Å². The molecule has 0 heterocycles. The van der Waals surface area contributed by atoms with Crippen molar-refractivity contribution >= 4 is 5.69 Å². The number of non-ortho nitro benzene ring substituents is 1. The molecule has 116 valence electrons. The SMILES string of the molecule is COc1cc(CNCC2(O)CCCCC2)cc([N+](=O)[O-])c1. The Kier molecular flexibility index (Phi) is 5.14. The van der Waals surface area contributed by atoms with Gasteiger partial charge in [-0.15, -0.1) is 0 Å². The van der Waals surface area contributed by atoms with Crippen LogP contribution in [-0.4, -0.2) is 29.3 Å². The number of nitrogens with one attached hydrogen (secondary N) is 1. The Balaban J connectivity index is 1.96. The van der Waals surface area contributed by atoms with Crippen molar-refractivity contribution in [3.05, 3.63) is 33.9 Å². The highest BCUT2D eigenvalue weighted by Gasteiger charge is 2.28. The molecule has 0 unspecified atom stereocenters. The van der Waals surface area contributed by atoms with E-state index in [2.05, 4.69) is 5.32 Å². The monoisotopic (exact) mass is 294 g/mol. The molecule has 2 N–H and O–H groups in total. The molecule has 2 rings (SSSR count). The highest BCUT2D eigenvalue weighted by molar-refractivity contribution is 5.42. The van der Waals surface area contributed by atoms with E-state index in [0.717, 1.165) is 31.2 Å². The molecule has 0 radical (unpaired) electrons. The van der Waals surface area contributed by atoms with Crippen LogP contribution in [0, 0.1) is 10.1 Å². The van der Waals surface area contributed by atoms with Gasteiger partial charge in [0.15, 0.2) is 0 Å². The van der Waals surface area contributed by atoms with Crippen molar-refractivity contribution in [1.82, 2.24) is 5.32 Å². The van der Waals surface area contributed by atoms with E-state index in [9.17, 15) is 15.2 Å². The van der Waals surface area contributed by atoms with Crippen molar-refractivity contribution in [2.24, 2.45) is 0 Å². The quantitative estimate of drug-likeness (QED) is 0.621. The van der Waals surface area contributed by atoms with Crippen LogP contribution in [0.1, 0.15) is 37.7 Å². The minimum absolute atomic E-state index is 0.0162. The number of rotatable bonds is 6. The van der Waals surface area contributed by atoms with Gasteiger partial charge in [0, 0.05) is 19.2 Å². The van der Waals surface area contributed by atoms with E-state index in [4.69, 9.17) is 4.74 Å². The van der Waals surface area contributed by atoms with E-state index < -0.39 is 10.5 Å². The fourth-order valence-corrected chi connectivity index (χ4v) is 2.79. The molecule has 0 spiro atoms. The summed E-state index contributed by atoms with van der Waals surface area (Å²) < 4.78 is 5.08. The molecule has 0 saturated heterocycles. The molecule has 21 heavy (non-hydrogen) atoms. The van der Waals surface area contributed by atoms with Crippen LogP contribution in [0.5, 0.6) is 5.75 Å². The highest BCUT2D eigenvalue weighted by Crippen LogP contribution is 2.27. The minimum atomic E-state index is -0.636. The largest absolute Gasteiger partial charge is 0.496 e. The van der Waals surface area contributed by atoms with Crippen molar-refractivity contribution < 1.29 is 14.8 Å². The zero-order valence-corrected chi connectivity index (χ0v) is 12.3. The van der Waals surface area contributed by atoms with E-state index in [-0.39, 0.29) is 5.69 Å². The third-order valence-corrected chi connectivity index (χ3v) is 3.97. The zero-order chi connectivity index (χ0) is 15.3. The number of nitro benzene ring substituents is 1. The molecule has 0 bridgehead atoms. The van der Waals surface area contributed by atoms with Crippen LogP contribution in [0.15, 0.2) is 18.2 Å². The Hall–Kier alpha value is -1.66. The summed E-state index contributed by atoms with van der Waals surface area (Å²) >= 11 is 0. The summed E-state index contributed by atoms with van der Waals surface area (Å²) in [5.41, 5.74) is 0.159. The summed E-state index contributed by atoms with van der Waals surface area (Å²) in [7, 11) is 1.49. The molecule has 1 aromatic rings. The second-order valence-corrected chi connectivity index (χ2v) is 5.68. The first-order chi connectivity index (χ1) is 10.0. The van der Waals surface area contributed by atoms with E-state index in [0.29, 0.717) is 18.8 Å². The number of nitro groups is 1. The molecule has 6 nitrogen and oxygen atoms in total. The van der Waals surface area contributed by atoms with Crippen molar-refractivity contribution in [1.29, 1.82) is 0 Å². The smallest absolute Gasteiger partial charge is 0.273 e. The summed E-state index contributed by atoms with van der Waals surface area (Å²) in [6, 6.07) is 4.70. The summed E-state index contributed by atoms with van der Waals surface area (Å²) in [6.45, 7) is 0.984. The first-order valence-corrected chi connectivity index (χ1v) is 7.28. The first-order valence-electron chi connectivity index (χ1n) is 7.28. The molecule has 1 fully saturated rings. The molecule has 1 aliphatic carbocycles. The third kappa shape index (κ3) is 4.41. The number of methoxy groups -OCH3 is 1. The Morgan fingerprint density at radius 2 is 2.05 bits per heavy atom. The Bertz CT molecular complexity index is 498. The number of nitrogens with zero attached hydrogens (tertiary/aromatic N) is 1. The number of ether oxygens (including phenoxy) is 1. The number of hydrogen-bond donors (Lipinski definition) is 2. The maximum Gasteiger partial charge on any atom is 0.273 e. The number of benzene rings is 1. The fourth-order valence-electron chi connectivity index (χ4n) is 2.79. The average Bonchev–Trinajstić information content (AvgIpc) is 2.47. The van der Waals surface area contributed by atoms with Crippen molar-refractivity contribution in [3.63, 3.8) is 0 Å². The summed E-state index contributed by atoms with van der Waals surface area (Å²) in [4.78, 5) is 10.5. The maximum absolute atomic E-state index is 10.9. The molecule has 1 saturated carbocycles. The summed E-state index contributed by atoms with van der Waals surface area (Å²) in [6.07, 6.45) is 4.94. The van der Waals surface area contributed by atoms with E-state index in [1.807, 2.05) is 0 Å². The molecule has 1 aromatic carbocycles. The van der Waals surface area contributed by atoms with Gasteiger partial charge < -0.3 is 15.2 Å². The third-order valence-electron chi connectivity index (χ3n) is 3.97. The van der Waals surface area contributed by atoms with Crippen LogP contribution < -0.4 is 10.1 Å². The van der Waals surface area contributed by atoms with Crippen molar-refractivity contribution in [3.8, 4) is 5.75 Å². The summed E-state index contributed by atoms with van der Waals surface area (Å²) in [5.74, 6) is 0.470. The van der Waals surface area contributed by atoms with Gasteiger partial charge in [-0.3, -0.25) is 10.1 Å². The van der Waals surface area contributed by atoms with Gasteiger partial charge in [0.1, 0.15) is 5.75 Å². The summed E-state index contributed by atoms with van der Waals surface area (Å²) in [5, 5.41) is 24.5. The van der Waals surface area contributed by atoms with E-state index in [1.165, 1.54) is 25.7 Å². The highest BCUT2D eigenvalue weighted by atomic mass is 16.6. The van der Waals surface area contributed by atoms with Gasteiger partial charge in [-0.25, -0.2) is 0 Å². The molecule has 0 amide bonds. The van der Waals surface area contributed by atoms with Crippen LogP contribution >= 0.6 is 0 Å². The fraction of sp³-hybridized carbons (Fsp3) is 0.600. The van der Waals surface area contributed by atoms with Crippen LogP contribution in [0.3, 0.4) is 0 Å². The lowest BCUT2D eigenvalue weighted by Gasteiger charge is -2.32. The van der Waals surface area contributed by atoms with Crippen molar-refractivity contribution in [2.45, 2.75) is 44.2 Å². The Labute approximate surface area is 124 Å². The van der Waals surface area contributed by atoms with Gasteiger partial charge >= 0.3 is 0 Å². The van der Waals surface area contributed by atoms with Gasteiger partial charge in [-0.05, 0) is 24.5 Å². The molecule has 1 aliphatic rings. The minimum Gasteiger partial charge on any atom is -0.496 e. The Morgan fingerprint density at radius 3 is 2.67 bits per heavy atom. The second kappa shape index (κ2) is 6.87. The van der Waals surface area contributed by atoms with Gasteiger partial charge in [0.2, 0.25) is 0 Å². The predicted octanol–water partition coefficient (Wildman–Crippen LogP) is 2.39. The Morgan fingerprint density at radius 1 is 1.33 bits per heavy atom. The average molecular weight is 294 g/mol. The lowest BCUT2D eigenvalue weighted by atomic mass is 9.85. The molecular weight excluding hydrogens is 272 g/mol. The molecule has 0 aliphatic heterocycles. The van der Waals surface area contributed by atoms with Crippen LogP contribution in [0.2, 0.25) is 0 Å². The van der Waals surface area contributed by atoms with Gasteiger partial charge in [-0.2, -0.15) is 0 Å².